The molecule has 0 spiro atoms. The average molecular weight is 390 g/mol. The maximum Gasteiger partial charge on any atom is 0.264 e. The van der Waals surface area contributed by atoms with E-state index in [1.54, 1.807) is 33.9 Å². The van der Waals surface area contributed by atoms with Crippen LogP contribution < -0.4 is 10.5 Å². The number of rotatable bonds is 3. The molecule has 0 saturated carbocycles. The van der Waals surface area contributed by atoms with Gasteiger partial charge in [0.25, 0.3) is 11.5 Å². The van der Waals surface area contributed by atoms with Gasteiger partial charge in [-0.3, -0.25) is 9.59 Å². The van der Waals surface area contributed by atoms with Crippen molar-refractivity contribution in [2.45, 2.75) is 39.3 Å². The summed E-state index contributed by atoms with van der Waals surface area (Å²) in [6.45, 7) is 4.37. The molecule has 148 valence electrons. The minimum absolute atomic E-state index is 0.0642. The lowest BCUT2D eigenvalue weighted by atomic mass is 9.95. The summed E-state index contributed by atoms with van der Waals surface area (Å²) in [5.74, 6) is -0.654. The lowest BCUT2D eigenvalue weighted by molar-refractivity contribution is 0.0973. The number of aryl methyl sites for hydroxylation is 2. The smallest absolute Gasteiger partial charge is 0.264 e. The van der Waals surface area contributed by atoms with Crippen LogP contribution in [0.15, 0.2) is 65.6 Å². The summed E-state index contributed by atoms with van der Waals surface area (Å²) >= 11 is 0. The van der Waals surface area contributed by atoms with Crippen LogP contribution in [0.25, 0.3) is 0 Å². The lowest BCUT2D eigenvalue weighted by Gasteiger charge is -2.35. The van der Waals surface area contributed by atoms with Gasteiger partial charge in [-0.15, -0.1) is 0 Å². The van der Waals surface area contributed by atoms with Gasteiger partial charge in [0.05, 0.1) is 6.54 Å². The number of nitrogens with zero attached hydrogens (tertiary/aromatic N) is 2. The van der Waals surface area contributed by atoms with Gasteiger partial charge in [0.15, 0.2) is 0 Å². The van der Waals surface area contributed by atoms with Crippen LogP contribution in [0.5, 0.6) is 0 Å². The first-order chi connectivity index (χ1) is 13.9. The molecule has 0 fully saturated rings. The predicted octanol–water partition coefficient (Wildman–Crippen LogP) is 4.33. The third kappa shape index (κ3) is 3.73. The molecule has 2 heterocycles. The van der Waals surface area contributed by atoms with E-state index in [0.717, 1.165) is 23.1 Å². The minimum atomic E-state index is -0.340. The maximum atomic E-state index is 13.6. The van der Waals surface area contributed by atoms with Gasteiger partial charge in [0.1, 0.15) is 11.4 Å². The summed E-state index contributed by atoms with van der Waals surface area (Å²) in [6, 6.07) is 15.7. The van der Waals surface area contributed by atoms with Crippen LogP contribution in [0.4, 0.5) is 10.1 Å². The quantitative estimate of drug-likeness (QED) is 0.668. The van der Waals surface area contributed by atoms with E-state index in [4.69, 9.17) is 0 Å². The lowest BCUT2D eigenvalue weighted by Crippen LogP contribution is -2.44. The molecule has 1 aromatic heterocycles. The normalized spacial score (nSPS) is 15.8. The molecule has 1 aliphatic rings. The molecule has 4 nitrogen and oxygen atoms in total. The third-order valence-electron chi connectivity index (χ3n) is 5.52. The van der Waals surface area contributed by atoms with Crippen molar-refractivity contribution in [1.82, 2.24) is 4.57 Å². The van der Waals surface area contributed by atoms with Crippen molar-refractivity contribution in [2.75, 3.05) is 4.90 Å². The Balaban J connectivity index is 1.69. The van der Waals surface area contributed by atoms with Crippen molar-refractivity contribution in [2.24, 2.45) is 0 Å². The first-order valence-corrected chi connectivity index (χ1v) is 9.81. The van der Waals surface area contributed by atoms with Gasteiger partial charge >= 0.3 is 0 Å². The van der Waals surface area contributed by atoms with Gasteiger partial charge in [0, 0.05) is 17.9 Å². The van der Waals surface area contributed by atoms with Crippen LogP contribution in [0, 0.1) is 12.7 Å². The molecular weight excluding hydrogens is 367 g/mol. The molecule has 1 amide bonds. The SMILES string of the molecule is Cc1ccc(Cn2cccc(C(=O)N3c4ccc(F)cc4CC[C@@H]3C)c2=O)cc1. The van der Waals surface area contributed by atoms with Crippen molar-refractivity contribution < 1.29 is 9.18 Å². The van der Waals surface area contributed by atoms with Crippen LogP contribution in [0.3, 0.4) is 0 Å². The summed E-state index contributed by atoms with van der Waals surface area (Å²) < 4.78 is 15.2. The number of carbonyl (C=O) groups excluding carboxylic acids is 1. The average Bonchev–Trinajstić information content (AvgIpc) is 2.71. The Morgan fingerprint density at radius 1 is 1.14 bits per heavy atom. The second-order valence-electron chi connectivity index (χ2n) is 7.68. The van der Waals surface area contributed by atoms with Crippen molar-refractivity contribution in [3.8, 4) is 0 Å². The second kappa shape index (κ2) is 7.66. The van der Waals surface area contributed by atoms with Gasteiger partial charge in [-0.1, -0.05) is 29.8 Å². The van der Waals surface area contributed by atoms with E-state index < -0.39 is 0 Å². The van der Waals surface area contributed by atoms with E-state index >= 15 is 0 Å². The van der Waals surface area contributed by atoms with Crippen LogP contribution in [-0.4, -0.2) is 16.5 Å². The van der Waals surface area contributed by atoms with Crippen molar-refractivity contribution in [3.63, 3.8) is 0 Å². The highest BCUT2D eigenvalue weighted by Gasteiger charge is 2.30. The van der Waals surface area contributed by atoms with Crippen LogP contribution in [0.2, 0.25) is 0 Å². The topological polar surface area (TPSA) is 42.3 Å². The molecule has 0 N–H and O–H groups in total. The Morgan fingerprint density at radius 2 is 1.90 bits per heavy atom. The number of amides is 1. The van der Waals surface area contributed by atoms with Gasteiger partial charge in [0.2, 0.25) is 0 Å². The summed E-state index contributed by atoms with van der Waals surface area (Å²) in [6.07, 6.45) is 3.14. The second-order valence-corrected chi connectivity index (χ2v) is 7.68. The number of halogens is 1. The molecule has 0 saturated heterocycles. The highest BCUT2D eigenvalue weighted by molar-refractivity contribution is 6.06. The van der Waals surface area contributed by atoms with Gasteiger partial charge in [-0.2, -0.15) is 0 Å². The van der Waals surface area contributed by atoms with Crippen LogP contribution in [-0.2, 0) is 13.0 Å². The molecule has 0 bridgehead atoms. The third-order valence-corrected chi connectivity index (χ3v) is 5.52. The van der Waals surface area contributed by atoms with Gasteiger partial charge < -0.3 is 9.47 Å². The van der Waals surface area contributed by atoms with Gasteiger partial charge in [-0.25, -0.2) is 4.39 Å². The molecule has 5 heteroatoms. The first-order valence-electron chi connectivity index (χ1n) is 9.81. The van der Waals surface area contributed by atoms with E-state index in [1.807, 2.05) is 38.1 Å². The van der Waals surface area contributed by atoms with E-state index in [2.05, 4.69) is 0 Å². The summed E-state index contributed by atoms with van der Waals surface area (Å²) in [4.78, 5) is 28.0. The molecule has 1 atom stereocenters. The number of aromatic nitrogens is 1. The van der Waals surface area contributed by atoms with Crippen molar-refractivity contribution in [1.29, 1.82) is 0 Å². The Morgan fingerprint density at radius 3 is 2.66 bits per heavy atom. The Hall–Kier alpha value is -3.21. The molecule has 1 aliphatic heterocycles. The zero-order valence-corrected chi connectivity index (χ0v) is 16.6. The van der Waals surface area contributed by atoms with E-state index in [1.165, 1.54) is 12.1 Å². The fourth-order valence-electron chi connectivity index (χ4n) is 3.87. The number of pyridine rings is 1. The Bertz CT molecular complexity index is 1120. The standard InChI is InChI=1S/C24H23FN2O2/c1-16-5-8-18(9-6-16)15-26-13-3-4-21(23(26)28)24(29)27-17(2)7-10-19-14-20(25)11-12-22(19)27/h3-6,8-9,11-14,17H,7,10,15H2,1-2H3/t17-/m0/s1. The Kier molecular flexibility index (Phi) is 5.05. The molecule has 29 heavy (non-hydrogen) atoms. The number of fused-ring (bicyclic) bond motifs is 1. The molecular formula is C24H23FN2O2. The summed E-state index contributed by atoms with van der Waals surface area (Å²) in [5.41, 5.74) is 3.44. The minimum Gasteiger partial charge on any atom is -0.310 e. The first kappa shape index (κ1) is 19.1. The zero-order chi connectivity index (χ0) is 20.5. The fraction of sp³-hybridized carbons (Fsp3) is 0.250. The number of carbonyl (C=O) groups is 1. The highest BCUT2D eigenvalue weighted by atomic mass is 19.1. The molecule has 0 aliphatic carbocycles. The zero-order valence-electron chi connectivity index (χ0n) is 16.6. The molecule has 2 aromatic carbocycles. The molecule has 0 unspecified atom stereocenters. The van der Waals surface area contributed by atoms with Crippen molar-refractivity contribution >= 4 is 11.6 Å². The number of hydrogen-bond acceptors (Lipinski definition) is 2. The Labute approximate surface area is 169 Å². The number of hydrogen-bond donors (Lipinski definition) is 0. The van der Waals surface area contributed by atoms with Crippen LogP contribution in [0.1, 0.15) is 40.4 Å². The number of anilines is 1. The maximum absolute atomic E-state index is 13.6. The van der Waals surface area contributed by atoms with Gasteiger partial charge in [-0.05, 0) is 68.1 Å². The predicted molar refractivity (Wildman–Crippen MR) is 112 cm³/mol. The molecule has 3 aromatic rings. The summed E-state index contributed by atoms with van der Waals surface area (Å²) in [5, 5.41) is 0. The van der Waals surface area contributed by atoms with E-state index in [0.29, 0.717) is 18.7 Å². The fourth-order valence-corrected chi connectivity index (χ4v) is 3.87. The van der Waals surface area contributed by atoms with E-state index in [9.17, 15) is 14.0 Å². The summed E-state index contributed by atoms with van der Waals surface area (Å²) in [7, 11) is 0. The highest BCUT2D eigenvalue weighted by Crippen LogP contribution is 2.32. The monoisotopic (exact) mass is 390 g/mol. The molecule has 4 rings (SSSR count). The van der Waals surface area contributed by atoms with Crippen molar-refractivity contribution in [3.05, 3.63) is 99.2 Å². The largest absolute Gasteiger partial charge is 0.310 e. The molecule has 0 radical (unpaired) electrons. The van der Waals surface area contributed by atoms with Crippen LogP contribution >= 0.6 is 0 Å². The van der Waals surface area contributed by atoms with E-state index in [-0.39, 0.29) is 28.9 Å². The number of benzene rings is 2.